The van der Waals surface area contributed by atoms with Crippen LogP contribution in [0.4, 0.5) is 23.2 Å². The SMILES string of the molecule is Cl.O=C(O)C(F)(F)F.O=C1c2c(N3CCOCC3)ccnc2CN1CCc1cn2cc(F)ccc2n1. The number of fused-ring (bicyclic) bond motifs is 2. The minimum atomic E-state index is -5.08. The lowest BCUT2D eigenvalue weighted by molar-refractivity contribution is -0.192. The van der Waals surface area contributed by atoms with E-state index in [1.54, 1.807) is 16.7 Å². The Bertz CT molecular complexity index is 1250. The number of halogens is 5. The number of hydrogen-bond acceptors (Lipinski definition) is 6. The Morgan fingerprint density at radius 2 is 1.83 bits per heavy atom. The molecule has 3 aromatic rings. The molecular weight excluding hydrogens is 510 g/mol. The highest BCUT2D eigenvalue weighted by Crippen LogP contribution is 2.30. The van der Waals surface area contributed by atoms with Gasteiger partial charge in [0.25, 0.3) is 5.91 Å². The highest BCUT2D eigenvalue weighted by atomic mass is 35.5. The number of amides is 1. The van der Waals surface area contributed by atoms with E-state index >= 15 is 0 Å². The Kier molecular flexibility index (Phi) is 8.35. The quantitative estimate of drug-likeness (QED) is 0.517. The van der Waals surface area contributed by atoms with E-state index in [1.807, 2.05) is 17.2 Å². The van der Waals surface area contributed by atoms with Gasteiger partial charge in [-0.3, -0.25) is 9.78 Å². The van der Waals surface area contributed by atoms with E-state index in [4.69, 9.17) is 14.6 Å². The fourth-order valence-electron chi connectivity index (χ4n) is 3.89. The number of carboxylic acids is 1. The molecule has 36 heavy (non-hydrogen) atoms. The van der Waals surface area contributed by atoms with Gasteiger partial charge in [-0.05, 0) is 18.2 Å². The smallest absolute Gasteiger partial charge is 0.475 e. The number of carbonyl (C=O) groups excluding carboxylic acids is 1. The normalized spacial score (nSPS) is 15.3. The van der Waals surface area contributed by atoms with Gasteiger partial charge in [0.05, 0.1) is 42.4 Å². The summed E-state index contributed by atoms with van der Waals surface area (Å²) >= 11 is 0. The molecule has 0 radical (unpaired) electrons. The molecule has 1 N–H and O–H groups in total. The van der Waals surface area contributed by atoms with Crippen molar-refractivity contribution >= 4 is 35.6 Å². The van der Waals surface area contributed by atoms with Crippen molar-refractivity contribution < 1.29 is 37.0 Å². The lowest BCUT2D eigenvalue weighted by atomic mass is 10.1. The number of carboxylic acid groups (broad SMARTS) is 1. The van der Waals surface area contributed by atoms with Crippen LogP contribution in [0.5, 0.6) is 0 Å². The van der Waals surface area contributed by atoms with Crippen molar-refractivity contribution in [3.8, 4) is 0 Å². The summed E-state index contributed by atoms with van der Waals surface area (Å²) in [6, 6.07) is 4.96. The van der Waals surface area contributed by atoms with Crippen molar-refractivity contribution in [2.45, 2.75) is 19.1 Å². The first-order chi connectivity index (χ1) is 16.6. The number of ether oxygens (including phenoxy) is 1. The first kappa shape index (κ1) is 27.1. The molecule has 194 valence electrons. The van der Waals surface area contributed by atoms with E-state index in [0.29, 0.717) is 43.9 Å². The third kappa shape index (κ3) is 6.02. The Hall–Kier alpha value is -3.45. The van der Waals surface area contributed by atoms with Crippen LogP contribution in [0.25, 0.3) is 5.65 Å². The molecule has 3 aromatic heterocycles. The number of aliphatic carboxylic acids is 1. The molecule has 0 atom stereocenters. The second kappa shape index (κ2) is 11.1. The monoisotopic (exact) mass is 531 g/mol. The van der Waals surface area contributed by atoms with Crippen LogP contribution in [0.15, 0.2) is 36.8 Å². The zero-order valence-electron chi connectivity index (χ0n) is 18.7. The lowest BCUT2D eigenvalue weighted by Crippen LogP contribution is -2.37. The van der Waals surface area contributed by atoms with Gasteiger partial charge in [0.2, 0.25) is 0 Å². The van der Waals surface area contributed by atoms with Crippen LogP contribution in [-0.4, -0.2) is 75.3 Å². The van der Waals surface area contributed by atoms with Gasteiger partial charge in [-0.1, -0.05) is 0 Å². The topological polar surface area (TPSA) is 100 Å². The Balaban J connectivity index is 0.000000400. The van der Waals surface area contributed by atoms with Crippen LogP contribution in [0, 0.1) is 5.82 Å². The third-order valence-corrected chi connectivity index (χ3v) is 5.55. The number of anilines is 1. The van der Waals surface area contributed by atoms with Gasteiger partial charge >= 0.3 is 12.1 Å². The zero-order valence-corrected chi connectivity index (χ0v) is 19.6. The van der Waals surface area contributed by atoms with Crippen molar-refractivity contribution in [2.24, 2.45) is 0 Å². The molecule has 0 unspecified atom stereocenters. The molecule has 1 fully saturated rings. The maximum absolute atomic E-state index is 13.4. The standard InChI is InChI=1S/C20H20FN5O2.C2HF3O2.ClH/c21-14-1-2-18-23-15(12-26(18)11-14)4-6-25-13-16-19(20(25)27)17(3-5-22-16)24-7-9-28-10-8-24;3-2(4,5)1(6)7;/h1-3,5,11-12H,4,6-10,13H2;(H,6,7);1H. The van der Waals surface area contributed by atoms with Crippen LogP contribution >= 0.6 is 12.4 Å². The number of pyridine rings is 2. The van der Waals surface area contributed by atoms with E-state index in [1.165, 1.54) is 12.3 Å². The summed E-state index contributed by atoms with van der Waals surface area (Å²) in [5.74, 6) is -3.05. The largest absolute Gasteiger partial charge is 0.490 e. The number of carbonyl (C=O) groups is 2. The number of hydrogen-bond donors (Lipinski definition) is 1. The molecule has 0 bridgehead atoms. The molecule has 1 saturated heterocycles. The highest BCUT2D eigenvalue weighted by molar-refractivity contribution is 6.03. The van der Waals surface area contributed by atoms with E-state index in [9.17, 15) is 22.4 Å². The number of alkyl halides is 3. The van der Waals surface area contributed by atoms with E-state index in [-0.39, 0.29) is 24.1 Å². The Labute approximate surface area is 208 Å². The van der Waals surface area contributed by atoms with Crippen LogP contribution in [0.1, 0.15) is 21.7 Å². The maximum atomic E-state index is 13.4. The Morgan fingerprint density at radius 3 is 2.50 bits per heavy atom. The number of imidazole rings is 1. The molecule has 5 heterocycles. The first-order valence-corrected chi connectivity index (χ1v) is 10.7. The van der Waals surface area contributed by atoms with E-state index in [2.05, 4.69) is 14.9 Å². The predicted octanol–water partition coefficient (Wildman–Crippen LogP) is 2.96. The molecule has 2 aliphatic heterocycles. The molecule has 0 aromatic carbocycles. The number of rotatable bonds is 4. The van der Waals surface area contributed by atoms with Crippen molar-refractivity contribution in [1.82, 2.24) is 19.3 Å². The maximum Gasteiger partial charge on any atom is 0.490 e. The molecular formula is C22H22ClF4N5O4. The fourth-order valence-corrected chi connectivity index (χ4v) is 3.89. The van der Waals surface area contributed by atoms with Crippen LogP contribution < -0.4 is 4.90 Å². The van der Waals surface area contributed by atoms with Gasteiger partial charge in [0, 0.05) is 44.6 Å². The van der Waals surface area contributed by atoms with Crippen molar-refractivity contribution in [2.75, 3.05) is 37.7 Å². The molecule has 0 aliphatic carbocycles. The summed E-state index contributed by atoms with van der Waals surface area (Å²) in [7, 11) is 0. The first-order valence-electron chi connectivity index (χ1n) is 10.7. The summed E-state index contributed by atoms with van der Waals surface area (Å²) in [4.78, 5) is 34.9. The van der Waals surface area contributed by atoms with Crippen molar-refractivity contribution in [3.63, 3.8) is 0 Å². The molecule has 9 nitrogen and oxygen atoms in total. The van der Waals surface area contributed by atoms with Crippen LogP contribution in [0.3, 0.4) is 0 Å². The van der Waals surface area contributed by atoms with Gasteiger partial charge in [0.1, 0.15) is 11.5 Å². The zero-order chi connectivity index (χ0) is 25.2. The summed E-state index contributed by atoms with van der Waals surface area (Å²) in [5.41, 5.74) is 4.01. The average molecular weight is 532 g/mol. The summed E-state index contributed by atoms with van der Waals surface area (Å²) in [5, 5.41) is 7.12. The second-order valence-electron chi connectivity index (χ2n) is 7.88. The number of morpholine rings is 1. The van der Waals surface area contributed by atoms with Gasteiger partial charge in [-0.15, -0.1) is 12.4 Å². The van der Waals surface area contributed by atoms with E-state index < -0.39 is 12.1 Å². The van der Waals surface area contributed by atoms with Gasteiger partial charge in [-0.25, -0.2) is 14.2 Å². The van der Waals surface area contributed by atoms with E-state index in [0.717, 1.165) is 30.2 Å². The third-order valence-electron chi connectivity index (χ3n) is 5.55. The minimum Gasteiger partial charge on any atom is -0.475 e. The molecule has 5 rings (SSSR count). The second-order valence-corrected chi connectivity index (χ2v) is 7.88. The lowest BCUT2D eigenvalue weighted by Gasteiger charge is -2.30. The van der Waals surface area contributed by atoms with Gasteiger partial charge in [-0.2, -0.15) is 13.2 Å². The summed E-state index contributed by atoms with van der Waals surface area (Å²) < 4.78 is 52.2. The van der Waals surface area contributed by atoms with Crippen molar-refractivity contribution in [1.29, 1.82) is 0 Å². The molecule has 2 aliphatic rings. The fraction of sp³-hybridized carbons (Fsp3) is 0.364. The minimum absolute atomic E-state index is 0. The average Bonchev–Trinajstić information content (AvgIpc) is 3.38. The predicted molar refractivity (Wildman–Crippen MR) is 122 cm³/mol. The number of aromatic nitrogens is 3. The summed E-state index contributed by atoms with van der Waals surface area (Å²) in [6.45, 7) is 3.95. The molecule has 14 heteroatoms. The number of nitrogens with zero attached hydrogens (tertiary/aromatic N) is 5. The van der Waals surface area contributed by atoms with Crippen molar-refractivity contribution in [3.05, 3.63) is 59.6 Å². The molecule has 0 spiro atoms. The highest BCUT2D eigenvalue weighted by Gasteiger charge is 2.38. The molecule has 0 saturated carbocycles. The summed E-state index contributed by atoms with van der Waals surface area (Å²) in [6.07, 6.45) is 0.512. The Morgan fingerprint density at radius 1 is 1.14 bits per heavy atom. The van der Waals surface area contributed by atoms with Crippen LogP contribution in [0.2, 0.25) is 0 Å². The van der Waals surface area contributed by atoms with Gasteiger partial charge in [0.15, 0.2) is 0 Å². The van der Waals surface area contributed by atoms with Gasteiger partial charge < -0.3 is 24.0 Å². The van der Waals surface area contributed by atoms with Crippen LogP contribution in [-0.2, 0) is 22.5 Å². The molecule has 1 amide bonds.